The third-order valence-corrected chi connectivity index (χ3v) is 7.03. The minimum atomic E-state index is -2.46. The van der Waals surface area contributed by atoms with E-state index in [4.69, 9.17) is 9.76 Å². The van der Waals surface area contributed by atoms with Crippen molar-refractivity contribution in [2.45, 2.75) is 0 Å². The van der Waals surface area contributed by atoms with Gasteiger partial charge in [-0.15, -0.1) is 0 Å². The molecule has 4 aromatic heterocycles. The predicted molar refractivity (Wildman–Crippen MR) is 116 cm³/mol. The number of fused-ring (bicyclic) bond motifs is 1. The highest BCUT2D eigenvalue weighted by atomic mass is 32.2. The molecule has 0 unspecified atom stereocenters. The maximum Gasteiger partial charge on any atom is 0.128 e. The summed E-state index contributed by atoms with van der Waals surface area (Å²) in [6, 6.07) is 5.99. The van der Waals surface area contributed by atoms with Gasteiger partial charge in [0.2, 0.25) is 0 Å². The third-order valence-electron chi connectivity index (χ3n) is 5.34. The molecular weight excluding hydrogens is 414 g/mol. The topological polar surface area (TPSA) is 129 Å². The fourth-order valence-electron chi connectivity index (χ4n) is 3.66. The van der Waals surface area contributed by atoms with Gasteiger partial charge in [-0.3, -0.25) is 9.46 Å². The van der Waals surface area contributed by atoms with Crippen molar-refractivity contribution in [3.63, 3.8) is 0 Å². The lowest BCUT2D eigenvalue weighted by Gasteiger charge is -2.28. The largest absolute Gasteiger partial charge is 0.355 e. The Morgan fingerprint density at radius 3 is 2.55 bits per heavy atom. The van der Waals surface area contributed by atoms with Crippen molar-refractivity contribution in [1.82, 2.24) is 29.4 Å². The number of anilines is 1. The van der Waals surface area contributed by atoms with Crippen molar-refractivity contribution in [3.8, 4) is 28.6 Å². The van der Waals surface area contributed by atoms with E-state index in [0.717, 1.165) is 16.9 Å². The summed E-state index contributed by atoms with van der Waals surface area (Å²) in [6.45, 7) is 1.10. The van der Waals surface area contributed by atoms with Crippen LogP contribution in [0.1, 0.15) is 5.56 Å². The number of nitriles is 1. The molecule has 1 N–H and O–H groups in total. The minimum absolute atomic E-state index is 0.354. The maximum atomic E-state index is 11.9. The molecule has 1 saturated heterocycles. The van der Waals surface area contributed by atoms with Gasteiger partial charge in [0.05, 0.1) is 30.0 Å². The van der Waals surface area contributed by atoms with Gasteiger partial charge in [0.15, 0.2) is 0 Å². The van der Waals surface area contributed by atoms with Gasteiger partial charge in [0, 0.05) is 64.9 Å². The lowest BCUT2D eigenvalue weighted by Crippen LogP contribution is -2.40. The standard InChI is InChI=1S/C20H19N9OS/c1-27-12-16(11-24-27)17-13-29-20(15(8-21)10-25-29)19(26-17)14-2-3-18(23-9-14)28-4-6-31(22,30)7-5-28/h2-3,9-13,22H,4-7H2,1H3. The van der Waals surface area contributed by atoms with Crippen molar-refractivity contribution in [1.29, 1.82) is 10.0 Å². The molecule has 0 aliphatic carbocycles. The summed E-state index contributed by atoms with van der Waals surface area (Å²) < 4.78 is 23.0. The molecule has 1 aliphatic heterocycles. The third kappa shape index (κ3) is 3.51. The number of hydrogen-bond donors (Lipinski definition) is 1. The quantitative estimate of drug-likeness (QED) is 0.522. The number of aromatic nitrogens is 6. The van der Waals surface area contributed by atoms with Gasteiger partial charge in [-0.1, -0.05) is 0 Å². The molecule has 11 heteroatoms. The molecule has 1 aliphatic rings. The number of nitrogens with zero attached hydrogens (tertiary/aromatic N) is 8. The van der Waals surface area contributed by atoms with Gasteiger partial charge in [0.1, 0.15) is 23.0 Å². The van der Waals surface area contributed by atoms with Gasteiger partial charge in [-0.2, -0.15) is 15.5 Å². The van der Waals surface area contributed by atoms with Gasteiger partial charge in [0.25, 0.3) is 0 Å². The summed E-state index contributed by atoms with van der Waals surface area (Å²) in [4.78, 5) is 11.4. The van der Waals surface area contributed by atoms with Crippen LogP contribution in [0.2, 0.25) is 0 Å². The Morgan fingerprint density at radius 1 is 1.10 bits per heavy atom. The summed E-state index contributed by atoms with van der Waals surface area (Å²) in [7, 11) is -0.616. The molecule has 0 bridgehead atoms. The number of aryl methyl sites for hydroxylation is 1. The van der Waals surface area contributed by atoms with Crippen LogP contribution >= 0.6 is 0 Å². The average Bonchev–Trinajstić information content (AvgIpc) is 3.39. The van der Waals surface area contributed by atoms with Crippen LogP contribution in [0, 0.1) is 16.1 Å². The Kier molecular flexibility index (Phi) is 4.44. The predicted octanol–water partition coefficient (Wildman–Crippen LogP) is 1.93. The first-order valence-electron chi connectivity index (χ1n) is 9.66. The molecule has 5 heterocycles. The van der Waals surface area contributed by atoms with Crippen LogP contribution in [-0.2, 0) is 16.8 Å². The Morgan fingerprint density at radius 2 is 1.90 bits per heavy atom. The van der Waals surface area contributed by atoms with E-state index in [0.29, 0.717) is 47.1 Å². The van der Waals surface area contributed by atoms with E-state index in [-0.39, 0.29) is 0 Å². The molecule has 0 radical (unpaired) electrons. The van der Waals surface area contributed by atoms with Crippen molar-refractivity contribution in [2.24, 2.45) is 7.05 Å². The van der Waals surface area contributed by atoms with Crippen LogP contribution in [0.3, 0.4) is 0 Å². The van der Waals surface area contributed by atoms with Crippen molar-refractivity contribution < 1.29 is 4.21 Å². The number of nitrogens with one attached hydrogen (secondary N) is 1. The SMILES string of the molecule is Cn1cc(-c2cn3ncc(C#N)c3c(-c3ccc(N4CCS(=N)(=O)CC4)nc3)n2)cn1. The van der Waals surface area contributed by atoms with Crippen LogP contribution in [-0.4, -0.2) is 58.2 Å². The molecule has 0 amide bonds. The summed E-state index contributed by atoms with van der Waals surface area (Å²) in [5.74, 6) is 1.48. The zero-order valence-electron chi connectivity index (χ0n) is 16.8. The smallest absolute Gasteiger partial charge is 0.128 e. The van der Waals surface area contributed by atoms with E-state index in [1.54, 1.807) is 27.8 Å². The first-order valence-corrected chi connectivity index (χ1v) is 11.6. The monoisotopic (exact) mass is 433 g/mol. The number of pyridine rings is 1. The summed E-state index contributed by atoms with van der Waals surface area (Å²) in [6.07, 6.45) is 8.64. The normalized spacial score (nSPS) is 15.8. The van der Waals surface area contributed by atoms with Gasteiger partial charge in [-0.05, 0) is 12.1 Å². The van der Waals surface area contributed by atoms with Gasteiger partial charge >= 0.3 is 0 Å². The van der Waals surface area contributed by atoms with Crippen LogP contribution in [0.25, 0.3) is 28.0 Å². The Labute approximate surface area is 178 Å². The molecule has 0 aromatic carbocycles. The first-order chi connectivity index (χ1) is 14.9. The molecule has 10 nitrogen and oxygen atoms in total. The zero-order valence-corrected chi connectivity index (χ0v) is 17.6. The lowest BCUT2D eigenvalue weighted by molar-refractivity contribution is 0.663. The molecule has 4 aromatic rings. The highest BCUT2D eigenvalue weighted by Gasteiger charge is 2.21. The molecule has 1 fully saturated rings. The van der Waals surface area contributed by atoms with E-state index in [2.05, 4.69) is 21.3 Å². The van der Waals surface area contributed by atoms with E-state index in [1.807, 2.05) is 30.3 Å². The van der Waals surface area contributed by atoms with E-state index in [9.17, 15) is 9.47 Å². The molecule has 156 valence electrons. The van der Waals surface area contributed by atoms with Crippen molar-refractivity contribution in [3.05, 3.63) is 48.7 Å². The lowest BCUT2D eigenvalue weighted by atomic mass is 10.1. The molecule has 0 spiro atoms. The Bertz CT molecular complexity index is 1410. The van der Waals surface area contributed by atoms with E-state index >= 15 is 0 Å². The Hall–Kier alpha value is -3.78. The first kappa shape index (κ1) is 19.2. The molecule has 5 rings (SSSR count). The molecule has 31 heavy (non-hydrogen) atoms. The second-order valence-corrected chi connectivity index (χ2v) is 9.89. The zero-order chi connectivity index (χ0) is 21.6. The number of rotatable bonds is 3. The molecule has 0 atom stereocenters. The van der Waals surface area contributed by atoms with Crippen LogP contribution in [0.15, 0.2) is 43.1 Å². The summed E-state index contributed by atoms with van der Waals surface area (Å²) in [5, 5.41) is 18.1. The maximum absolute atomic E-state index is 11.9. The van der Waals surface area contributed by atoms with Crippen LogP contribution in [0.5, 0.6) is 0 Å². The minimum Gasteiger partial charge on any atom is -0.355 e. The van der Waals surface area contributed by atoms with E-state index in [1.165, 1.54) is 6.20 Å². The summed E-state index contributed by atoms with van der Waals surface area (Å²) >= 11 is 0. The fraction of sp³-hybridized carbons (Fsp3) is 0.250. The fourth-order valence-corrected chi connectivity index (χ4v) is 4.90. The van der Waals surface area contributed by atoms with Crippen molar-refractivity contribution in [2.75, 3.05) is 29.5 Å². The van der Waals surface area contributed by atoms with Crippen molar-refractivity contribution >= 4 is 21.1 Å². The van der Waals surface area contributed by atoms with Crippen LogP contribution < -0.4 is 4.90 Å². The Balaban J connectivity index is 1.57. The number of hydrogen-bond acceptors (Lipinski definition) is 8. The average molecular weight is 434 g/mol. The highest BCUT2D eigenvalue weighted by Crippen LogP contribution is 2.29. The van der Waals surface area contributed by atoms with Crippen LogP contribution in [0.4, 0.5) is 5.82 Å². The molecule has 0 saturated carbocycles. The second kappa shape index (κ2) is 7.17. The summed E-state index contributed by atoms with van der Waals surface area (Å²) in [5.41, 5.74) is 3.97. The van der Waals surface area contributed by atoms with Gasteiger partial charge in [-0.25, -0.2) is 18.7 Å². The van der Waals surface area contributed by atoms with E-state index < -0.39 is 9.73 Å². The second-order valence-electron chi connectivity index (χ2n) is 7.45. The van der Waals surface area contributed by atoms with Gasteiger partial charge < -0.3 is 4.90 Å². The highest BCUT2D eigenvalue weighted by molar-refractivity contribution is 7.92. The molecular formula is C20H19N9OS.